The van der Waals surface area contributed by atoms with Crippen LogP contribution in [0.2, 0.25) is 0 Å². The van der Waals surface area contributed by atoms with Crippen LogP contribution in [0.15, 0.2) is 293 Å². The molecule has 13 heterocycles. The van der Waals surface area contributed by atoms with Crippen molar-refractivity contribution in [1.29, 1.82) is 0 Å². The van der Waals surface area contributed by atoms with E-state index >= 15 is 0 Å². The van der Waals surface area contributed by atoms with E-state index in [0.29, 0.717) is 12.3 Å². The van der Waals surface area contributed by atoms with Crippen molar-refractivity contribution in [1.82, 2.24) is 54.8 Å². The molecular formula is C94H122N14O3S. The quantitative estimate of drug-likeness (QED) is 0.138. The molecule has 112 heavy (non-hydrogen) atoms. The molecular weight excluding hydrogens is 1410 g/mol. The maximum atomic E-state index is 5.24. The highest BCUT2D eigenvalue weighted by atomic mass is 32.1. The van der Waals surface area contributed by atoms with Gasteiger partial charge in [0.15, 0.2) is 12.0 Å². The number of aliphatic imine (C=N–C) groups is 1. The SMILES string of the molecule is C1=Cc2ccccc2C1.C1=Nc2ccccc2C1.CC.CC.CC.CC.CC.CC.CC.CC.CC.CC.c1cc2c(cn1)OCC2.c1ccc2ncccc2c1.c1ccc2ocnc2c1.c1ccc2scnc2c1.c1cnc2c(c1)CCC2.c1cnc2c(c1)N=NC2.c1cnc2cncnc2c1.c1ncc2ccoc2n1. The van der Waals surface area contributed by atoms with Crippen molar-refractivity contribution in [3.63, 3.8) is 0 Å². The van der Waals surface area contributed by atoms with E-state index in [1.807, 2.05) is 290 Å². The summed E-state index contributed by atoms with van der Waals surface area (Å²) in [5.41, 5.74) is 19.4. The molecule has 2 aliphatic carbocycles. The molecule has 592 valence electrons. The minimum atomic E-state index is 0.644. The monoisotopic (exact) mass is 1530 g/mol. The predicted molar refractivity (Wildman–Crippen MR) is 478 cm³/mol. The van der Waals surface area contributed by atoms with Gasteiger partial charge in [-0.05, 0) is 133 Å². The summed E-state index contributed by atoms with van der Waals surface area (Å²) >= 11 is 1.68. The molecule has 3 aliphatic heterocycles. The Balaban J connectivity index is 0.000000607. The van der Waals surface area contributed by atoms with Gasteiger partial charge >= 0.3 is 0 Å². The van der Waals surface area contributed by atoms with Crippen LogP contribution in [0.5, 0.6) is 5.75 Å². The number of aromatic nitrogens is 11. The topological polar surface area (TPSA) is 214 Å². The van der Waals surface area contributed by atoms with Gasteiger partial charge in [0, 0.05) is 72.9 Å². The summed E-state index contributed by atoms with van der Waals surface area (Å²) in [6, 6.07) is 60.2. The Labute approximate surface area is 672 Å². The average molecular weight is 1530 g/mol. The van der Waals surface area contributed by atoms with Gasteiger partial charge in [-0.1, -0.05) is 248 Å². The highest BCUT2D eigenvalue weighted by Gasteiger charge is 2.11. The standard InChI is InChI=1S/C9H7N.C9H8.C8H9N.C8H7N.C7H5N3.C7H7NO.C7H5NO.C7H5NS.C6H5N3.C6H4N2O.10C2H6/c1-2-6-9-8(4-1)5-3-7-10-9;1-2-5-9-7-3-6-8(9)4-1;1-3-7-4-2-6-9-8(7)5-1;1-2-4-8-7(3-1)5-6-9-8;1-2-6-7(9-3-1)4-8-5-10-6;1-3-8-5-7-6(1)2-4-9-7;2*1-2-4-7-6(3-1)8-5-9-7;1-2-5-6(7-3-1)4-8-9-5;1-2-9-6-5(1)3-7-4-8-6;10*1-2/h1-7H;1-6H,7H2;2,4,6H,1,3,5H2;1-4,6H,5H2;1-5H;1,3,5H,2,4H2;2*1-5H;1-3H,4H2;1-4H;10*1-2H3. The van der Waals surface area contributed by atoms with E-state index in [-0.39, 0.29) is 0 Å². The summed E-state index contributed by atoms with van der Waals surface area (Å²) in [5, 5.41) is 9.82. The normalized spacial score (nSPS) is 10.5. The number of furan rings is 1. The molecule has 0 N–H and O–H groups in total. The lowest BCUT2D eigenvalue weighted by atomic mass is 10.1. The molecule has 20 rings (SSSR count). The van der Waals surface area contributed by atoms with Crippen molar-refractivity contribution in [2.45, 2.75) is 184 Å². The van der Waals surface area contributed by atoms with Crippen molar-refractivity contribution in [3.8, 4) is 5.75 Å². The van der Waals surface area contributed by atoms with Gasteiger partial charge in [-0.25, -0.2) is 29.9 Å². The van der Waals surface area contributed by atoms with Crippen molar-refractivity contribution in [3.05, 3.63) is 308 Å². The van der Waals surface area contributed by atoms with Crippen LogP contribution in [0.1, 0.15) is 184 Å². The summed E-state index contributed by atoms with van der Waals surface area (Å²) in [7, 11) is 0. The molecule has 0 unspecified atom stereocenters. The molecule has 0 saturated heterocycles. The highest BCUT2D eigenvalue weighted by Crippen LogP contribution is 2.25. The third-order valence-electron chi connectivity index (χ3n) is 14.2. The van der Waals surface area contributed by atoms with E-state index in [9.17, 15) is 0 Å². The van der Waals surface area contributed by atoms with E-state index in [1.165, 1.54) is 81.9 Å². The number of rotatable bonds is 0. The number of hydrogen-bond acceptors (Lipinski definition) is 18. The minimum Gasteiger partial charge on any atom is -0.491 e. The Kier molecular flexibility index (Phi) is 58.1. The zero-order valence-electron chi connectivity index (χ0n) is 70.1. The fraction of sp³-hybridized carbons (Fsp3) is 0.298. The number of azo groups is 1. The number of thiazole rings is 1. The lowest BCUT2D eigenvalue weighted by molar-refractivity contribution is 0.355. The van der Waals surface area contributed by atoms with Crippen LogP contribution in [-0.4, -0.2) is 67.6 Å². The van der Waals surface area contributed by atoms with E-state index in [0.717, 1.165) is 87.2 Å². The Hall–Kier alpha value is -11.8. The number of ether oxygens (including phenoxy) is 1. The molecule has 0 amide bonds. The first-order chi connectivity index (χ1) is 55.7. The van der Waals surface area contributed by atoms with Crippen LogP contribution in [0.3, 0.4) is 0 Å². The van der Waals surface area contributed by atoms with E-state index in [1.54, 1.807) is 54.8 Å². The fourth-order valence-electron chi connectivity index (χ4n) is 9.61. The number of fused-ring (bicyclic) bond motifs is 10. The molecule has 0 fully saturated rings. The second kappa shape index (κ2) is 66.2. The molecule has 15 aromatic rings. The Morgan fingerprint density at radius 2 is 0.964 bits per heavy atom. The third-order valence-corrected chi connectivity index (χ3v) is 15.0. The number of oxazole rings is 1. The van der Waals surface area contributed by atoms with Gasteiger partial charge in [0.05, 0.1) is 68.8 Å². The first-order valence-electron chi connectivity index (χ1n) is 39.8. The van der Waals surface area contributed by atoms with Crippen LogP contribution >= 0.6 is 11.3 Å². The molecule has 0 saturated carbocycles. The van der Waals surface area contributed by atoms with E-state index < -0.39 is 0 Å². The van der Waals surface area contributed by atoms with Crippen LogP contribution in [0.25, 0.3) is 60.4 Å². The summed E-state index contributed by atoms with van der Waals surface area (Å²) in [5.74, 6) is 0.956. The summed E-state index contributed by atoms with van der Waals surface area (Å²) in [4.78, 5) is 48.3. The van der Waals surface area contributed by atoms with Crippen LogP contribution in [0, 0.1) is 0 Å². The summed E-state index contributed by atoms with van der Waals surface area (Å²) in [6.45, 7) is 41.5. The van der Waals surface area contributed by atoms with E-state index in [2.05, 4.69) is 137 Å². The van der Waals surface area contributed by atoms with Crippen LogP contribution in [0.4, 0.5) is 11.4 Å². The Bertz CT molecular complexity index is 4150. The first-order valence-corrected chi connectivity index (χ1v) is 40.7. The molecule has 17 nitrogen and oxygen atoms in total. The number of para-hydroxylation sites is 5. The van der Waals surface area contributed by atoms with E-state index in [4.69, 9.17) is 13.6 Å². The second-order valence-electron chi connectivity index (χ2n) is 20.3. The van der Waals surface area contributed by atoms with Gasteiger partial charge in [0.25, 0.3) is 0 Å². The third kappa shape index (κ3) is 36.2. The molecule has 0 atom stereocenters. The Morgan fingerprint density at radius 1 is 0.375 bits per heavy atom. The molecule has 0 radical (unpaired) electrons. The number of benzene rings is 5. The first kappa shape index (κ1) is 98.2. The number of pyridine rings is 5. The minimum absolute atomic E-state index is 0.644. The molecule has 0 spiro atoms. The molecule has 10 aromatic heterocycles. The molecule has 0 bridgehead atoms. The number of hydrogen-bond donors (Lipinski definition) is 0. The van der Waals surface area contributed by atoms with Crippen molar-refractivity contribution in [2.24, 2.45) is 15.2 Å². The lowest BCUT2D eigenvalue weighted by Crippen LogP contribution is -1.85. The molecule has 18 heteroatoms. The van der Waals surface area contributed by atoms with Crippen molar-refractivity contribution >= 4 is 89.4 Å². The van der Waals surface area contributed by atoms with Gasteiger partial charge in [-0.2, -0.15) is 10.2 Å². The van der Waals surface area contributed by atoms with Crippen LogP contribution in [-0.2, 0) is 38.6 Å². The highest BCUT2D eigenvalue weighted by molar-refractivity contribution is 7.16. The molecule has 5 aliphatic rings. The number of nitrogens with zero attached hydrogens (tertiary/aromatic N) is 14. The number of allylic oxidation sites excluding steroid dienone is 1. The van der Waals surface area contributed by atoms with Gasteiger partial charge < -0.3 is 13.6 Å². The lowest BCUT2D eigenvalue weighted by Gasteiger charge is -1.93. The zero-order chi connectivity index (χ0) is 82.5. The fourth-order valence-corrected chi connectivity index (χ4v) is 10.3. The average Bonchev–Trinajstić information content (AvgIpc) is 1.61. The second-order valence-corrected chi connectivity index (χ2v) is 21.2. The largest absolute Gasteiger partial charge is 0.491 e. The Morgan fingerprint density at radius 3 is 1.65 bits per heavy atom. The zero-order valence-corrected chi connectivity index (χ0v) is 70.9. The maximum Gasteiger partial charge on any atom is 0.228 e. The van der Waals surface area contributed by atoms with Gasteiger partial charge in [-0.15, -0.1) is 11.3 Å². The van der Waals surface area contributed by atoms with Gasteiger partial charge in [-0.3, -0.25) is 29.9 Å². The molecule has 5 aromatic carbocycles. The van der Waals surface area contributed by atoms with Gasteiger partial charge in [0.2, 0.25) is 5.71 Å². The van der Waals surface area contributed by atoms with Gasteiger partial charge in [0.1, 0.15) is 41.7 Å². The smallest absolute Gasteiger partial charge is 0.228 e. The summed E-state index contributed by atoms with van der Waals surface area (Å²) < 4.78 is 16.5. The number of aryl methyl sites for hydroxylation is 2. The predicted octanol–water partition coefficient (Wildman–Crippen LogP) is 27.3. The maximum absolute atomic E-state index is 5.24. The van der Waals surface area contributed by atoms with Crippen molar-refractivity contribution in [2.75, 3.05) is 6.61 Å². The van der Waals surface area contributed by atoms with Crippen LogP contribution < -0.4 is 4.74 Å². The summed E-state index contributed by atoms with van der Waals surface area (Å²) in [6.07, 6.45) is 33.4. The van der Waals surface area contributed by atoms with Crippen molar-refractivity contribution < 1.29 is 13.6 Å².